The van der Waals surface area contributed by atoms with Gasteiger partial charge in [-0.2, -0.15) is 5.43 Å². The summed E-state index contributed by atoms with van der Waals surface area (Å²) in [6, 6.07) is -0.405. The molecule has 5 atom stereocenters. The lowest BCUT2D eigenvalue weighted by atomic mass is 9.75. The molecule has 5 amide bonds. The van der Waals surface area contributed by atoms with Crippen LogP contribution in [0.5, 0.6) is 0 Å². The smallest absolute Gasteiger partial charge is 0.337 e. The van der Waals surface area contributed by atoms with Crippen molar-refractivity contribution in [2.45, 2.75) is 110 Å². The number of nitrogens with one attached hydrogen (secondary N) is 3. The number of hydrogen-bond donors (Lipinski definition) is 3. The van der Waals surface area contributed by atoms with Gasteiger partial charge in [-0.1, -0.05) is 40.0 Å². The summed E-state index contributed by atoms with van der Waals surface area (Å²) in [5.41, 5.74) is 3.15. The SMILES string of the molecule is CCC(C)NC(=O)CN1NC2N(CC(C)C)C(=O)C3CCC(C(=O)NC4CCCCC4)CC3N2C1=O. The van der Waals surface area contributed by atoms with Crippen LogP contribution in [0.4, 0.5) is 4.79 Å². The zero-order valence-electron chi connectivity index (χ0n) is 22.3. The third-order valence-corrected chi connectivity index (χ3v) is 8.26. The minimum atomic E-state index is -0.634. The van der Waals surface area contributed by atoms with Crippen LogP contribution in [0, 0.1) is 17.8 Å². The van der Waals surface area contributed by atoms with Gasteiger partial charge in [0.15, 0.2) is 6.29 Å². The number of nitrogens with zero attached hydrogens (tertiary/aromatic N) is 3. The van der Waals surface area contributed by atoms with Crippen LogP contribution < -0.4 is 16.1 Å². The number of fused-ring (bicyclic) bond motifs is 3. The number of hydrazine groups is 1. The topological polar surface area (TPSA) is 114 Å². The number of carbonyl (C=O) groups is 4. The second-order valence-electron chi connectivity index (χ2n) is 11.6. The Kier molecular flexibility index (Phi) is 8.42. The summed E-state index contributed by atoms with van der Waals surface area (Å²) < 4.78 is 0. The second kappa shape index (κ2) is 11.4. The first kappa shape index (κ1) is 26.7. The number of rotatable bonds is 8. The van der Waals surface area contributed by atoms with Gasteiger partial charge >= 0.3 is 6.03 Å². The van der Waals surface area contributed by atoms with Gasteiger partial charge in [0.2, 0.25) is 17.7 Å². The van der Waals surface area contributed by atoms with Crippen molar-refractivity contribution in [2.75, 3.05) is 13.1 Å². The van der Waals surface area contributed by atoms with E-state index in [2.05, 4.69) is 16.1 Å². The van der Waals surface area contributed by atoms with Crippen molar-refractivity contribution in [2.24, 2.45) is 17.8 Å². The number of amides is 5. The molecule has 2 saturated heterocycles. The summed E-state index contributed by atoms with van der Waals surface area (Å²) in [7, 11) is 0. The quantitative estimate of drug-likeness (QED) is 0.469. The first-order valence-corrected chi connectivity index (χ1v) is 14.0. The van der Waals surface area contributed by atoms with E-state index < -0.39 is 6.29 Å². The molecule has 202 valence electrons. The van der Waals surface area contributed by atoms with Crippen LogP contribution in [0.25, 0.3) is 0 Å². The molecule has 2 heterocycles. The van der Waals surface area contributed by atoms with Crippen LogP contribution >= 0.6 is 0 Å². The summed E-state index contributed by atoms with van der Waals surface area (Å²) >= 11 is 0. The zero-order chi connectivity index (χ0) is 26.0. The number of carbonyl (C=O) groups excluding carboxylic acids is 4. The number of hydrogen-bond acceptors (Lipinski definition) is 5. The summed E-state index contributed by atoms with van der Waals surface area (Å²) in [5.74, 6) is -0.459. The van der Waals surface area contributed by atoms with Crippen molar-refractivity contribution in [3.63, 3.8) is 0 Å². The first-order chi connectivity index (χ1) is 17.2. The highest BCUT2D eigenvalue weighted by Gasteiger charge is 2.56. The van der Waals surface area contributed by atoms with Crippen molar-refractivity contribution in [3.05, 3.63) is 0 Å². The second-order valence-corrected chi connectivity index (χ2v) is 11.6. The Hall–Kier alpha value is -2.36. The largest absolute Gasteiger partial charge is 0.353 e. The highest BCUT2D eigenvalue weighted by Crippen LogP contribution is 2.40. The van der Waals surface area contributed by atoms with E-state index in [-0.39, 0.29) is 66.2 Å². The molecular formula is C26H44N6O4. The highest BCUT2D eigenvalue weighted by molar-refractivity contribution is 5.89. The molecular weight excluding hydrogens is 460 g/mol. The van der Waals surface area contributed by atoms with Crippen LogP contribution in [0.15, 0.2) is 0 Å². The average Bonchev–Trinajstić information content (AvgIpc) is 3.17. The average molecular weight is 505 g/mol. The van der Waals surface area contributed by atoms with Crippen molar-refractivity contribution < 1.29 is 19.2 Å². The molecule has 2 aliphatic heterocycles. The molecule has 4 rings (SSSR count). The molecule has 4 aliphatic rings. The van der Waals surface area contributed by atoms with E-state index in [1.807, 2.05) is 27.7 Å². The molecule has 0 spiro atoms. The fraction of sp³-hybridized carbons (Fsp3) is 0.846. The minimum Gasteiger partial charge on any atom is -0.353 e. The molecule has 10 nitrogen and oxygen atoms in total. The summed E-state index contributed by atoms with van der Waals surface area (Å²) in [6.07, 6.45) is 7.46. The molecule has 2 saturated carbocycles. The molecule has 0 aromatic rings. The summed E-state index contributed by atoms with van der Waals surface area (Å²) in [4.78, 5) is 56.4. The van der Waals surface area contributed by atoms with Crippen LogP contribution in [0.2, 0.25) is 0 Å². The summed E-state index contributed by atoms with van der Waals surface area (Å²) in [5, 5.41) is 7.48. The van der Waals surface area contributed by atoms with Crippen molar-refractivity contribution in [1.29, 1.82) is 0 Å². The molecule has 0 radical (unpaired) electrons. The third-order valence-electron chi connectivity index (χ3n) is 8.26. The van der Waals surface area contributed by atoms with E-state index in [0.717, 1.165) is 32.1 Å². The van der Waals surface area contributed by atoms with E-state index in [0.29, 0.717) is 25.8 Å². The Morgan fingerprint density at radius 2 is 1.78 bits per heavy atom. The molecule has 0 bridgehead atoms. The van der Waals surface area contributed by atoms with E-state index >= 15 is 0 Å². The van der Waals surface area contributed by atoms with Gasteiger partial charge in [-0.05, 0) is 51.4 Å². The van der Waals surface area contributed by atoms with Gasteiger partial charge in [-0.25, -0.2) is 9.80 Å². The predicted octanol–water partition coefficient (Wildman–Crippen LogP) is 2.16. The van der Waals surface area contributed by atoms with Gasteiger partial charge in [0.1, 0.15) is 6.54 Å². The predicted molar refractivity (Wildman–Crippen MR) is 135 cm³/mol. The minimum absolute atomic E-state index is 0.0166. The molecule has 2 aliphatic carbocycles. The van der Waals surface area contributed by atoms with E-state index in [9.17, 15) is 19.2 Å². The van der Waals surface area contributed by atoms with Crippen LogP contribution in [0.3, 0.4) is 0 Å². The molecule has 36 heavy (non-hydrogen) atoms. The molecule has 0 aromatic heterocycles. The van der Waals surface area contributed by atoms with Crippen LogP contribution in [-0.2, 0) is 14.4 Å². The van der Waals surface area contributed by atoms with Gasteiger partial charge < -0.3 is 15.5 Å². The fourth-order valence-electron chi connectivity index (χ4n) is 6.19. The highest BCUT2D eigenvalue weighted by atomic mass is 16.2. The Balaban J connectivity index is 1.50. The Labute approximate surface area is 214 Å². The van der Waals surface area contributed by atoms with Crippen molar-refractivity contribution >= 4 is 23.8 Å². The van der Waals surface area contributed by atoms with Crippen LogP contribution in [0.1, 0.15) is 85.5 Å². The maximum atomic E-state index is 13.6. The fourth-order valence-corrected chi connectivity index (χ4v) is 6.19. The number of urea groups is 1. The maximum Gasteiger partial charge on any atom is 0.337 e. The third kappa shape index (κ3) is 5.63. The zero-order valence-corrected chi connectivity index (χ0v) is 22.3. The Bertz CT molecular complexity index is 844. The van der Waals surface area contributed by atoms with Gasteiger partial charge in [0.05, 0.1) is 5.92 Å². The summed E-state index contributed by atoms with van der Waals surface area (Å²) in [6.45, 7) is 8.40. The lowest BCUT2D eigenvalue weighted by Crippen LogP contribution is -2.67. The lowest BCUT2D eigenvalue weighted by molar-refractivity contribution is -0.159. The molecule has 4 fully saturated rings. The normalized spacial score (nSPS) is 29.8. The van der Waals surface area contributed by atoms with Gasteiger partial charge in [-0.15, -0.1) is 0 Å². The Morgan fingerprint density at radius 1 is 1.06 bits per heavy atom. The first-order valence-electron chi connectivity index (χ1n) is 14.0. The van der Waals surface area contributed by atoms with Crippen molar-refractivity contribution in [3.8, 4) is 0 Å². The van der Waals surface area contributed by atoms with E-state index in [1.54, 1.807) is 9.80 Å². The van der Waals surface area contributed by atoms with Gasteiger partial charge in [0, 0.05) is 30.6 Å². The molecule has 10 heteroatoms. The van der Waals surface area contributed by atoms with Crippen molar-refractivity contribution in [1.82, 2.24) is 30.9 Å². The Morgan fingerprint density at radius 3 is 2.44 bits per heavy atom. The molecule has 0 aromatic carbocycles. The maximum absolute atomic E-state index is 13.6. The van der Waals surface area contributed by atoms with E-state index in [1.165, 1.54) is 11.4 Å². The van der Waals surface area contributed by atoms with Gasteiger partial charge in [0.25, 0.3) is 0 Å². The monoisotopic (exact) mass is 504 g/mol. The van der Waals surface area contributed by atoms with Crippen LogP contribution in [-0.4, -0.2) is 76.1 Å². The molecule has 5 unspecified atom stereocenters. The van der Waals surface area contributed by atoms with Gasteiger partial charge in [-0.3, -0.25) is 19.3 Å². The molecule has 3 N–H and O–H groups in total. The standard InChI is InChI=1S/C26H44N6O4/c1-5-17(4)27-22(33)15-31-26(36)32-21-13-18(23(34)28-19-9-7-6-8-10-19)11-12-20(21)24(35)30(14-16(2)3)25(32)29-31/h16-21,25,29H,5-15H2,1-4H3,(H,27,33)(H,28,34). The lowest BCUT2D eigenvalue weighted by Gasteiger charge is -2.50. The van der Waals surface area contributed by atoms with E-state index in [4.69, 9.17) is 0 Å².